The van der Waals surface area contributed by atoms with Crippen molar-refractivity contribution >= 4 is 5.91 Å². The van der Waals surface area contributed by atoms with E-state index in [0.717, 1.165) is 6.54 Å². The van der Waals surface area contributed by atoms with E-state index in [4.69, 9.17) is 10.5 Å². The Labute approximate surface area is 85.2 Å². The third kappa shape index (κ3) is 3.64. The molecular formula is C10H20N2O2. The monoisotopic (exact) mass is 200 g/mol. The maximum absolute atomic E-state index is 11.0. The van der Waals surface area contributed by atoms with Crippen LogP contribution in [0.5, 0.6) is 0 Å². The maximum Gasteiger partial charge on any atom is 0.234 e. The van der Waals surface area contributed by atoms with Gasteiger partial charge in [-0.25, -0.2) is 0 Å². The van der Waals surface area contributed by atoms with Gasteiger partial charge in [-0.3, -0.25) is 4.79 Å². The van der Waals surface area contributed by atoms with Gasteiger partial charge in [-0.15, -0.1) is 0 Å². The Morgan fingerprint density at radius 1 is 1.64 bits per heavy atom. The molecule has 4 nitrogen and oxygen atoms in total. The number of carbonyl (C=O) groups excluding carboxylic acids is 1. The zero-order valence-corrected chi connectivity index (χ0v) is 8.79. The van der Waals surface area contributed by atoms with Gasteiger partial charge in [0.1, 0.15) is 0 Å². The Balaban J connectivity index is 2.08. The van der Waals surface area contributed by atoms with Crippen LogP contribution >= 0.6 is 0 Å². The predicted octanol–water partition coefficient (Wildman–Crippen LogP) is 0.409. The van der Waals surface area contributed by atoms with Crippen LogP contribution in [0.2, 0.25) is 0 Å². The largest absolute Gasteiger partial charge is 0.378 e. The van der Waals surface area contributed by atoms with Gasteiger partial charge in [0, 0.05) is 6.61 Å². The van der Waals surface area contributed by atoms with E-state index in [1.165, 1.54) is 19.3 Å². The lowest BCUT2D eigenvalue weighted by Gasteiger charge is -2.26. The van der Waals surface area contributed by atoms with E-state index < -0.39 is 0 Å². The van der Waals surface area contributed by atoms with Gasteiger partial charge in [-0.05, 0) is 32.2 Å². The molecule has 1 aliphatic rings. The molecule has 0 aliphatic heterocycles. The van der Waals surface area contributed by atoms with Crippen molar-refractivity contribution in [3.05, 3.63) is 0 Å². The number of primary amides is 1. The molecule has 0 spiro atoms. The molecule has 82 valence electrons. The first-order valence-electron chi connectivity index (χ1n) is 5.38. The minimum absolute atomic E-state index is 0.236. The topological polar surface area (TPSA) is 64.3 Å². The molecule has 0 radical (unpaired) electrons. The summed E-state index contributed by atoms with van der Waals surface area (Å²) in [5, 5.41) is 3.04. The van der Waals surface area contributed by atoms with E-state index in [2.05, 4.69) is 5.32 Å². The Hall–Kier alpha value is -0.610. The van der Waals surface area contributed by atoms with Gasteiger partial charge in [0.15, 0.2) is 0 Å². The fourth-order valence-corrected chi connectivity index (χ4v) is 1.48. The summed E-state index contributed by atoms with van der Waals surface area (Å²) < 4.78 is 5.56. The molecule has 0 aromatic carbocycles. The van der Waals surface area contributed by atoms with Crippen LogP contribution in [0.1, 0.15) is 32.6 Å². The summed E-state index contributed by atoms with van der Waals surface area (Å²) in [6, 6.07) is -0.236. The number of nitrogens with one attached hydrogen (secondary N) is 1. The summed E-state index contributed by atoms with van der Waals surface area (Å²) in [6.45, 7) is 3.35. The summed E-state index contributed by atoms with van der Waals surface area (Å²) in [4.78, 5) is 11.0. The number of carbonyl (C=O) groups is 1. The number of amides is 1. The molecule has 0 aromatic rings. The predicted molar refractivity (Wildman–Crippen MR) is 54.9 cm³/mol. The lowest BCUT2D eigenvalue weighted by atomic mass is 9.96. The summed E-state index contributed by atoms with van der Waals surface area (Å²) in [7, 11) is 0. The lowest BCUT2D eigenvalue weighted by molar-refractivity contribution is -0.120. The Morgan fingerprint density at radius 2 is 2.36 bits per heavy atom. The molecule has 1 unspecified atom stereocenters. The lowest BCUT2D eigenvalue weighted by Crippen LogP contribution is -2.42. The fraction of sp³-hybridized carbons (Fsp3) is 0.900. The normalized spacial score (nSPS) is 18.9. The van der Waals surface area contributed by atoms with Gasteiger partial charge in [0.25, 0.3) is 0 Å². The molecule has 1 aliphatic carbocycles. The van der Waals surface area contributed by atoms with E-state index in [0.29, 0.717) is 19.1 Å². The molecule has 1 amide bonds. The number of nitrogens with two attached hydrogens (primary N) is 1. The highest BCUT2D eigenvalue weighted by atomic mass is 16.5. The van der Waals surface area contributed by atoms with Crippen LogP contribution in [0, 0.1) is 0 Å². The van der Waals surface area contributed by atoms with Crippen LogP contribution < -0.4 is 11.1 Å². The van der Waals surface area contributed by atoms with Gasteiger partial charge < -0.3 is 15.8 Å². The summed E-state index contributed by atoms with van der Waals surface area (Å²) in [5.74, 6) is -0.288. The summed E-state index contributed by atoms with van der Waals surface area (Å²) >= 11 is 0. The van der Waals surface area contributed by atoms with Crippen molar-refractivity contribution in [2.75, 3.05) is 13.2 Å². The highest BCUT2D eigenvalue weighted by molar-refractivity contribution is 5.79. The minimum Gasteiger partial charge on any atom is -0.378 e. The number of rotatable bonds is 7. The second kappa shape index (κ2) is 5.98. The first-order chi connectivity index (χ1) is 6.74. The van der Waals surface area contributed by atoms with Crippen molar-refractivity contribution in [1.82, 2.24) is 5.32 Å². The molecule has 1 fully saturated rings. The average molecular weight is 200 g/mol. The van der Waals surface area contributed by atoms with Crippen LogP contribution in [0.25, 0.3) is 0 Å². The third-order valence-corrected chi connectivity index (χ3v) is 2.61. The summed E-state index contributed by atoms with van der Waals surface area (Å²) in [5.41, 5.74) is 5.23. The number of ether oxygens (including phenoxy) is 1. The van der Waals surface area contributed by atoms with Gasteiger partial charge in [-0.2, -0.15) is 0 Å². The van der Waals surface area contributed by atoms with Crippen molar-refractivity contribution < 1.29 is 9.53 Å². The standard InChI is InChI=1S/C10H20N2O2/c1-2-12-9(10(11)13)6-7-14-8-4-3-5-8/h8-9,12H,2-7H2,1H3,(H2,11,13). The first-order valence-corrected chi connectivity index (χ1v) is 5.38. The SMILES string of the molecule is CCNC(CCOC1CCC1)C(N)=O. The second-order valence-corrected chi connectivity index (χ2v) is 3.73. The third-order valence-electron chi connectivity index (χ3n) is 2.61. The minimum atomic E-state index is -0.288. The molecule has 1 atom stereocenters. The molecule has 1 saturated carbocycles. The Bertz CT molecular complexity index is 181. The molecule has 14 heavy (non-hydrogen) atoms. The van der Waals surface area contributed by atoms with Crippen molar-refractivity contribution in [2.45, 2.75) is 44.8 Å². The quantitative estimate of drug-likeness (QED) is 0.625. The zero-order chi connectivity index (χ0) is 10.4. The molecule has 1 rings (SSSR count). The fourth-order valence-electron chi connectivity index (χ4n) is 1.48. The molecular weight excluding hydrogens is 180 g/mol. The van der Waals surface area contributed by atoms with Gasteiger partial charge in [0.2, 0.25) is 5.91 Å². The molecule has 0 saturated heterocycles. The molecule has 3 N–H and O–H groups in total. The van der Waals surface area contributed by atoms with Crippen molar-refractivity contribution in [2.24, 2.45) is 5.73 Å². The van der Waals surface area contributed by atoms with Gasteiger partial charge >= 0.3 is 0 Å². The number of hydrogen-bond acceptors (Lipinski definition) is 3. The number of likely N-dealkylation sites (N-methyl/N-ethyl adjacent to an activating group) is 1. The molecule has 0 heterocycles. The number of hydrogen-bond donors (Lipinski definition) is 2. The Morgan fingerprint density at radius 3 is 2.79 bits per heavy atom. The van der Waals surface area contributed by atoms with Crippen LogP contribution in [-0.2, 0) is 9.53 Å². The smallest absolute Gasteiger partial charge is 0.234 e. The van der Waals surface area contributed by atoms with Gasteiger partial charge in [0.05, 0.1) is 12.1 Å². The zero-order valence-electron chi connectivity index (χ0n) is 8.79. The van der Waals surface area contributed by atoms with Crippen LogP contribution in [0.15, 0.2) is 0 Å². The first kappa shape index (κ1) is 11.5. The summed E-state index contributed by atoms with van der Waals surface area (Å²) in [6.07, 6.45) is 4.73. The van der Waals surface area contributed by atoms with Gasteiger partial charge in [-0.1, -0.05) is 6.92 Å². The van der Waals surface area contributed by atoms with Crippen molar-refractivity contribution in [3.8, 4) is 0 Å². The van der Waals surface area contributed by atoms with Crippen molar-refractivity contribution in [1.29, 1.82) is 0 Å². The van der Waals surface area contributed by atoms with Crippen LogP contribution in [0.3, 0.4) is 0 Å². The van der Waals surface area contributed by atoms with E-state index in [1.807, 2.05) is 6.92 Å². The maximum atomic E-state index is 11.0. The van der Waals surface area contributed by atoms with E-state index in [1.54, 1.807) is 0 Å². The molecule has 0 bridgehead atoms. The van der Waals surface area contributed by atoms with Crippen LogP contribution in [0.4, 0.5) is 0 Å². The Kier molecular flexibility index (Phi) is 4.90. The molecule has 4 heteroatoms. The van der Waals surface area contributed by atoms with E-state index >= 15 is 0 Å². The van der Waals surface area contributed by atoms with E-state index in [-0.39, 0.29) is 11.9 Å². The average Bonchev–Trinajstić information content (AvgIpc) is 2.06. The van der Waals surface area contributed by atoms with Crippen LogP contribution in [-0.4, -0.2) is 31.2 Å². The molecule has 0 aromatic heterocycles. The highest BCUT2D eigenvalue weighted by Crippen LogP contribution is 2.21. The van der Waals surface area contributed by atoms with E-state index in [9.17, 15) is 4.79 Å². The van der Waals surface area contributed by atoms with Crippen molar-refractivity contribution in [3.63, 3.8) is 0 Å². The second-order valence-electron chi connectivity index (χ2n) is 3.73. The highest BCUT2D eigenvalue weighted by Gasteiger charge is 2.19.